The third-order valence-corrected chi connectivity index (χ3v) is 2.41. The van der Waals surface area contributed by atoms with Crippen LogP contribution in [0.2, 0.25) is 0 Å². The topological polar surface area (TPSA) is 61.8 Å². The molecular weight excluding hydrogens is 241 g/mol. The van der Waals surface area contributed by atoms with E-state index in [0.29, 0.717) is 0 Å². The fourth-order valence-electron chi connectivity index (χ4n) is 1.49. The summed E-state index contributed by atoms with van der Waals surface area (Å²) >= 11 is 0. The van der Waals surface area contributed by atoms with Crippen molar-refractivity contribution in [3.63, 3.8) is 0 Å². The lowest BCUT2D eigenvalue weighted by Crippen LogP contribution is -2.55. The number of alkyl halides is 3. The van der Waals surface area contributed by atoms with Crippen LogP contribution in [-0.2, 0) is 4.74 Å². The first-order chi connectivity index (χ1) is 7.83. The number of hydrogen-bond donors (Lipinski definition) is 2. The lowest BCUT2D eigenvalue weighted by atomic mass is 10.2. The second-order valence-corrected chi connectivity index (χ2v) is 3.91. The molecule has 1 saturated heterocycles. The molecule has 0 radical (unpaired) electrons. The number of halogens is 3. The van der Waals surface area contributed by atoms with E-state index >= 15 is 0 Å². The maximum atomic E-state index is 11.9. The van der Waals surface area contributed by atoms with E-state index in [-0.39, 0.29) is 25.8 Å². The summed E-state index contributed by atoms with van der Waals surface area (Å²) in [4.78, 5) is 12.7. The van der Waals surface area contributed by atoms with E-state index in [1.807, 2.05) is 0 Å². The van der Waals surface area contributed by atoms with E-state index in [9.17, 15) is 18.0 Å². The molecule has 0 aliphatic carbocycles. The number of carbonyl (C=O) groups is 1. The van der Waals surface area contributed by atoms with Gasteiger partial charge in [-0.3, -0.25) is 0 Å². The van der Waals surface area contributed by atoms with Crippen LogP contribution in [0.15, 0.2) is 0 Å². The summed E-state index contributed by atoms with van der Waals surface area (Å²) in [5, 5.41) is 10.7. The molecule has 8 heteroatoms. The van der Waals surface area contributed by atoms with Crippen molar-refractivity contribution >= 4 is 6.03 Å². The Morgan fingerprint density at radius 1 is 1.59 bits per heavy atom. The van der Waals surface area contributed by atoms with Crippen molar-refractivity contribution in [3.8, 4) is 0 Å². The molecule has 100 valence electrons. The fraction of sp³-hybridized carbons (Fsp3) is 0.889. The second-order valence-electron chi connectivity index (χ2n) is 3.91. The van der Waals surface area contributed by atoms with Gasteiger partial charge in [0.1, 0.15) is 6.54 Å². The summed E-state index contributed by atoms with van der Waals surface area (Å²) < 4.78 is 40.9. The summed E-state index contributed by atoms with van der Waals surface area (Å²) in [6, 6.07) is -1.11. The lowest BCUT2D eigenvalue weighted by molar-refractivity contribution is -0.124. The third kappa shape index (κ3) is 4.39. The number of aliphatic hydroxyl groups is 1. The van der Waals surface area contributed by atoms with E-state index in [1.54, 1.807) is 12.2 Å². The first kappa shape index (κ1) is 14.0. The normalized spacial score (nSPS) is 25.8. The maximum Gasteiger partial charge on any atom is 0.405 e. The average molecular weight is 256 g/mol. The Hall–Kier alpha value is -1.02. The van der Waals surface area contributed by atoms with Gasteiger partial charge < -0.3 is 20.1 Å². The predicted molar refractivity (Wildman–Crippen MR) is 52.4 cm³/mol. The Morgan fingerprint density at radius 3 is 2.76 bits per heavy atom. The largest absolute Gasteiger partial charge is 0.405 e. The molecular formula is C9H15F3N2O3. The zero-order valence-electron chi connectivity index (χ0n) is 9.33. The Balaban J connectivity index is 2.49. The smallest absolute Gasteiger partial charge is 0.394 e. The van der Waals surface area contributed by atoms with Crippen molar-refractivity contribution in [1.82, 2.24) is 10.2 Å². The van der Waals surface area contributed by atoms with Crippen LogP contribution in [0.3, 0.4) is 0 Å². The van der Waals surface area contributed by atoms with Gasteiger partial charge in [-0.15, -0.1) is 0 Å². The van der Waals surface area contributed by atoms with Gasteiger partial charge >= 0.3 is 12.2 Å². The molecule has 17 heavy (non-hydrogen) atoms. The number of rotatable bonds is 2. The van der Waals surface area contributed by atoms with E-state index in [2.05, 4.69) is 0 Å². The van der Waals surface area contributed by atoms with Crippen molar-refractivity contribution in [2.75, 3.05) is 26.3 Å². The molecule has 0 saturated carbocycles. The van der Waals surface area contributed by atoms with Crippen LogP contribution in [0.5, 0.6) is 0 Å². The highest BCUT2D eigenvalue weighted by Crippen LogP contribution is 2.14. The van der Waals surface area contributed by atoms with Crippen LogP contribution >= 0.6 is 0 Å². The Bertz CT molecular complexity index is 273. The van der Waals surface area contributed by atoms with Gasteiger partial charge in [-0.25, -0.2) is 4.79 Å². The van der Waals surface area contributed by atoms with Crippen LogP contribution in [0.1, 0.15) is 6.92 Å². The Labute approximate surface area is 96.5 Å². The highest BCUT2D eigenvalue weighted by atomic mass is 19.4. The van der Waals surface area contributed by atoms with E-state index in [4.69, 9.17) is 9.84 Å². The molecule has 1 heterocycles. The molecule has 2 N–H and O–H groups in total. The van der Waals surface area contributed by atoms with Crippen LogP contribution in [0, 0.1) is 0 Å². The van der Waals surface area contributed by atoms with E-state index in [0.717, 1.165) is 0 Å². The maximum absolute atomic E-state index is 11.9. The van der Waals surface area contributed by atoms with Gasteiger partial charge in [0, 0.05) is 0 Å². The van der Waals surface area contributed by atoms with Gasteiger partial charge in [0.05, 0.1) is 31.9 Å². The molecule has 1 rings (SSSR count). The number of ether oxygens (including phenoxy) is 1. The van der Waals surface area contributed by atoms with Crippen molar-refractivity contribution in [2.24, 2.45) is 0 Å². The number of urea groups is 1. The minimum absolute atomic E-state index is 0.0847. The Morgan fingerprint density at radius 2 is 2.24 bits per heavy atom. The number of morpholine rings is 1. The molecule has 1 aliphatic heterocycles. The number of aliphatic hydroxyl groups excluding tert-OH is 1. The Kier molecular flexibility index (Phi) is 4.58. The highest BCUT2D eigenvalue weighted by Gasteiger charge is 2.32. The van der Waals surface area contributed by atoms with Gasteiger partial charge in [-0.1, -0.05) is 0 Å². The summed E-state index contributed by atoms with van der Waals surface area (Å²) in [7, 11) is 0. The van der Waals surface area contributed by atoms with Crippen molar-refractivity contribution < 1.29 is 27.8 Å². The number of nitrogens with one attached hydrogen (secondary N) is 1. The fourth-order valence-corrected chi connectivity index (χ4v) is 1.49. The molecule has 0 bridgehead atoms. The quantitative estimate of drug-likeness (QED) is 0.749. The zero-order chi connectivity index (χ0) is 13.1. The average Bonchev–Trinajstić information content (AvgIpc) is 2.25. The van der Waals surface area contributed by atoms with Crippen molar-refractivity contribution in [2.45, 2.75) is 25.2 Å². The van der Waals surface area contributed by atoms with Crippen LogP contribution in [0.4, 0.5) is 18.0 Å². The predicted octanol–water partition coefficient (Wildman–Crippen LogP) is 0.340. The minimum atomic E-state index is -4.43. The number of amides is 2. The summed E-state index contributed by atoms with van der Waals surface area (Å²) in [6.45, 7) is 0.322. The molecule has 2 atom stereocenters. The van der Waals surface area contributed by atoms with Crippen LogP contribution in [0.25, 0.3) is 0 Å². The summed E-state index contributed by atoms with van der Waals surface area (Å²) in [5.74, 6) is 0. The standard InChI is InChI=1S/C9H15F3N2O3/c1-6-4-17-7(3-15)2-14(6)8(16)13-5-9(10,11)12/h6-7,15H,2-5H2,1H3,(H,13,16). The van der Waals surface area contributed by atoms with Gasteiger partial charge in [0.25, 0.3) is 0 Å². The second kappa shape index (κ2) is 5.54. The van der Waals surface area contributed by atoms with Gasteiger partial charge in [0.2, 0.25) is 0 Å². The van der Waals surface area contributed by atoms with Crippen LogP contribution in [-0.4, -0.2) is 60.7 Å². The first-order valence-corrected chi connectivity index (χ1v) is 5.17. The summed E-state index contributed by atoms with van der Waals surface area (Å²) in [6.07, 6.45) is -4.97. The number of nitrogens with zero attached hydrogens (tertiary/aromatic N) is 1. The molecule has 2 unspecified atom stereocenters. The van der Waals surface area contributed by atoms with Crippen LogP contribution < -0.4 is 5.32 Å². The summed E-state index contributed by atoms with van der Waals surface area (Å²) in [5.41, 5.74) is 0. The first-order valence-electron chi connectivity index (χ1n) is 5.17. The molecule has 2 amide bonds. The molecule has 1 fully saturated rings. The molecule has 0 aromatic heterocycles. The lowest BCUT2D eigenvalue weighted by Gasteiger charge is -2.37. The highest BCUT2D eigenvalue weighted by molar-refractivity contribution is 5.74. The minimum Gasteiger partial charge on any atom is -0.394 e. The number of hydrogen-bond acceptors (Lipinski definition) is 3. The number of carbonyl (C=O) groups excluding carboxylic acids is 1. The SMILES string of the molecule is CC1COC(CO)CN1C(=O)NCC(F)(F)F. The molecule has 0 spiro atoms. The van der Waals surface area contributed by atoms with E-state index < -0.39 is 24.9 Å². The van der Waals surface area contributed by atoms with Gasteiger partial charge in [-0.05, 0) is 6.92 Å². The molecule has 5 nitrogen and oxygen atoms in total. The molecule has 1 aliphatic rings. The third-order valence-electron chi connectivity index (χ3n) is 2.41. The monoisotopic (exact) mass is 256 g/mol. The van der Waals surface area contributed by atoms with Crippen molar-refractivity contribution in [3.05, 3.63) is 0 Å². The van der Waals surface area contributed by atoms with Gasteiger partial charge in [0.15, 0.2) is 0 Å². The molecule has 0 aromatic rings. The van der Waals surface area contributed by atoms with E-state index in [1.165, 1.54) is 4.90 Å². The zero-order valence-corrected chi connectivity index (χ0v) is 9.33. The van der Waals surface area contributed by atoms with Gasteiger partial charge in [-0.2, -0.15) is 13.2 Å². The molecule has 0 aromatic carbocycles. The van der Waals surface area contributed by atoms with Crippen molar-refractivity contribution in [1.29, 1.82) is 0 Å².